The molecule has 1 fully saturated rings. The molecule has 1 aliphatic rings. The van der Waals surface area contributed by atoms with Crippen LogP contribution in [-0.2, 0) is 14.5 Å². The van der Waals surface area contributed by atoms with Crippen LogP contribution in [0, 0.1) is 5.92 Å². The normalized spacial score (nSPS) is 25.6. The summed E-state index contributed by atoms with van der Waals surface area (Å²) in [7, 11) is 0. The number of hydrogen-bond acceptors (Lipinski definition) is 7. The van der Waals surface area contributed by atoms with E-state index in [0.29, 0.717) is 23.5 Å². The number of aldehydes is 1. The molecular weight excluding hydrogens is 286 g/mol. The maximum absolute atomic E-state index is 11.8. The molecule has 20 heavy (non-hydrogen) atoms. The van der Waals surface area contributed by atoms with E-state index in [1.807, 2.05) is 6.92 Å². The molecule has 7 nitrogen and oxygen atoms in total. The van der Waals surface area contributed by atoms with Crippen LogP contribution in [0.2, 0.25) is 5.02 Å². The van der Waals surface area contributed by atoms with Gasteiger partial charge in [-0.25, -0.2) is 15.2 Å². The minimum Gasteiger partial charge on any atom is -0.302 e. The number of carbonyl (C=O) groups excluding carboxylic acids is 2. The molecule has 3 unspecified atom stereocenters. The summed E-state index contributed by atoms with van der Waals surface area (Å²) in [5.41, 5.74) is 2.87. The summed E-state index contributed by atoms with van der Waals surface area (Å²) in [5, 5.41) is 10.3. The molecule has 3 atom stereocenters. The predicted octanol–water partition coefficient (Wildman–Crippen LogP) is 1.04. The van der Waals surface area contributed by atoms with Crippen LogP contribution >= 0.6 is 11.6 Å². The van der Waals surface area contributed by atoms with Gasteiger partial charge in [-0.3, -0.25) is 9.90 Å². The van der Waals surface area contributed by atoms with Crippen LogP contribution in [0.25, 0.3) is 0 Å². The van der Waals surface area contributed by atoms with E-state index in [1.165, 1.54) is 11.2 Å². The van der Waals surface area contributed by atoms with Crippen molar-refractivity contribution in [3.05, 3.63) is 23.4 Å². The number of hydrazine groups is 1. The quantitative estimate of drug-likeness (QED) is 0.487. The Morgan fingerprint density at radius 2 is 2.45 bits per heavy atom. The van der Waals surface area contributed by atoms with Crippen molar-refractivity contribution in [2.45, 2.75) is 25.4 Å². The summed E-state index contributed by atoms with van der Waals surface area (Å²) < 4.78 is 0. The topological polar surface area (TPSA) is 91.8 Å². The number of nitrogens with one attached hydrogen (secondary N) is 1. The third kappa shape index (κ3) is 2.47. The molecule has 0 aliphatic carbocycles. The van der Waals surface area contributed by atoms with Gasteiger partial charge < -0.3 is 4.79 Å². The number of halogens is 1. The molecule has 1 aromatic heterocycles. The first-order chi connectivity index (χ1) is 9.63. The standard InChI is InChI=1S/C12H14ClN3O4/c1-2-7-9(6-17)15-16(10(7)12(18)20-19)11-8(13)4-3-5-14-11/h3-7,9-10,15,19H,2H2,1H3. The zero-order chi connectivity index (χ0) is 14.7. The van der Waals surface area contributed by atoms with Crippen molar-refractivity contribution in [2.24, 2.45) is 5.92 Å². The number of aromatic nitrogens is 1. The van der Waals surface area contributed by atoms with E-state index in [4.69, 9.17) is 16.9 Å². The molecule has 2 N–H and O–H groups in total. The number of pyridine rings is 1. The van der Waals surface area contributed by atoms with Crippen LogP contribution < -0.4 is 10.4 Å². The highest BCUT2D eigenvalue weighted by Crippen LogP contribution is 2.32. The van der Waals surface area contributed by atoms with E-state index in [2.05, 4.69) is 15.3 Å². The monoisotopic (exact) mass is 299 g/mol. The summed E-state index contributed by atoms with van der Waals surface area (Å²) in [6.07, 6.45) is 2.76. The largest absolute Gasteiger partial charge is 0.366 e. The first kappa shape index (κ1) is 14.7. The molecule has 0 radical (unpaired) electrons. The fraction of sp³-hybridized carbons (Fsp3) is 0.417. The Labute approximate surface area is 120 Å². The number of nitrogens with zero attached hydrogens (tertiary/aromatic N) is 2. The fourth-order valence-electron chi connectivity index (χ4n) is 2.41. The van der Waals surface area contributed by atoms with Gasteiger partial charge >= 0.3 is 5.97 Å². The summed E-state index contributed by atoms with van der Waals surface area (Å²) in [5.74, 6) is -0.923. The minimum atomic E-state index is -0.882. The Bertz CT molecular complexity index is 513. The maximum Gasteiger partial charge on any atom is 0.366 e. The lowest BCUT2D eigenvalue weighted by molar-refractivity contribution is -0.236. The van der Waals surface area contributed by atoms with Gasteiger partial charge in [0.05, 0.1) is 11.1 Å². The van der Waals surface area contributed by atoms with Gasteiger partial charge in [-0.15, -0.1) is 0 Å². The van der Waals surface area contributed by atoms with E-state index < -0.39 is 18.1 Å². The fourth-order valence-corrected chi connectivity index (χ4v) is 2.63. The lowest BCUT2D eigenvalue weighted by atomic mass is 9.92. The second kappa shape index (κ2) is 6.17. The Morgan fingerprint density at radius 3 is 3.00 bits per heavy atom. The van der Waals surface area contributed by atoms with Gasteiger partial charge in [0.25, 0.3) is 0 Å². The lowest BCUT2D eigenvalue weighted by Crippen LogP contribution is -2.45. The SMILES string of the molecule is CCC1C(C=O)NN(c2ncccc2Cl)C1C(=O)OO. The molecule has 8 heteroatoms. The van der Waals surface area contributed by atoms with Gasteiger partial charge in [0, 0.05) is 12.1 Å². The van der Waals surface area contributed by atoms with Crippen molar-refractivity contribution in [1.82, 2.24) is 10.4 Å². The average molecular weight is 300 g/mol. The van der Waals surface area contributed by atoms with Crippen molar-refractivity contribution < 1.29 is 19.7 Å². The first-order valence-corrected chi connectivity index (χ1v) is 6.48. The molecule has 1 aliphatic heterocycles. The van der Waals surface area contributed by atoms with Crippen molar-refractivity contribution in [2.75, 3.05) is 5.01 Å². The third-order valence-corrected chi connectivity index (χ3v) is 3.64. The molecule has 108 valence electrons. The lowest BCUT2D eigenvalue weighted by Gasteiger charge is -2.25. The predicted molar refractivity (Wildman–Crippen MR) is 71.0 cm³/mol. The zero-order valence-electron chi connectivity index (χ0n) is 10.7. The molecule has 0 saturated carbocycles. The maximum atomic E-state index is 11.8. The van der Waals surface area contributed by atoms with Gasteiger partial charge in [0.15, 0.2) is 11.9 Å². The zero-order valence-corrected chi connectivity index (χ0v) is 11.4. The molecule has 0 aromatic carbocycles. The average Bonchev–Trinajstić information content (AvgIpc) is 2.85. The molecule has 1 saturated heterocycles. The molecule has 0 amide bonds. The second-order valence-electron chi connectivity index (χ2n) is 4.40. The van der Waals surface area contributed by atoms with Crippen molar-refractivity contribution >= 4 is 29.7 Å². The highest BCUT2D eigenvalue weighted by atomic mass is 35.5. The Balaban J connectivity index is 2.42. The molecule has 2 rings (SSSR count). The van der Waals surface area contributed by atoms with Gasteiger partial charge in [-0.2, -0.15) is 5.26 Å². The summed E-state index contributed by atoms with van der Waals surface area (Å²) in [6.45, 7) is 1.84. The van der Waals surface area contributed by atoms with E-state index in [-0.39, 0.29) is 5.92 Å². The van der Waals surface area contributed by atoms with Crippen LogP contribution in [-0.4, -0.2) is 34.6 Å². The van der Waals surface area contributed by atoms with Gasteiger partial charge in [0.2, 0.25) is 0 Å². The Morgan fingerprint density at radius 1 is 1.70 bits per heavy atom. The highest BCUT2D eigenvalue weighted by Gasteiger charge is 2.47. The van der Waals surface area contributed by atoms with Crippen molar-refractivity contribution in [3.63, 3.8) is 0 Å². The Hall–Kier alpha value is -1.70. The molecule has 0 bridgehead atoms. The molecular formula is C12H14ClN3O4. The van der Waals surface area contributed by atoms with Crippen molar-refractivity contribution in [3.8, 4) is 0 Å². The number of hydrogen-bond donors (Lipinski definition) is 2. The Kier molecular flexibility index (Phi) is 4.53. The van der Waals surface area contributed by atoms with Crippen molar-refractivity contribution in [1.29, 1.82) is 0 Å². The number of carbonyl (C=O) groups is 2. The van der Waals surface area contributed by atoms with Crippen LogP contribution in [0.4, 0.5) is 5.82 Å². The second-order valence-corrected chi connectivity index (χ2v) is 4.80. The van der Waals surface area contributed by atoms with E-state index in [0.717, 1.165) is 0 Å². The third-order valence-electron chi connectivity index (χ3n) is 3.35. The van der Waals surface area contributed by atoms with Crippen LogP contribution in [0.5, 0.6) is 0 Å². The molecule has 0 spiro atoms. The highest BCUT2D eigenvalue weighted by molar-refractivity contribution is 6.33. The van der Waals surface area contributed by atoms with Crippen LogP contribution in [0.15, 0.2) is 18.3 Å². The number of rotatable bonds is 4. The number of anilines is 1. The molecule has 2 heterocycles. The van der Waals surface area contributed by atoms with Crippen LogP contribution in [0.3, 0.4) is 0 Å². The summed E-state index contributed by atoms with van der Waals surface area (Å²) in [4.78, 5) is 30.9. The van der Waals surface area contributed by atoms with Gasteiger partial charge in [-0.1, -0.05) is 18.5 Å². The molecule has 1 aromatic rings. The van der Waals surface area contributed by atoms with Gasteiger partial charge in [-0.05, 0) is 18.6 Å². The van der Waals surface area contributed by atoms with E-state index in [9.17, 15) is 9.59 Å². The van der Waals surface area contributed by atoms with Gasteiger partial charge in [0.1, 0.15) is 6.29 Å². The van der Waals surface area contributed by atoms with Crippen LogP contribution in [0.1, 0.15) is 13.3 Å². The minimum absolute atomic E-state index is 0.298. The van der Waals surface area contributed by atoms with E-state index >= 15 is 0 Å². The summed E-state index contributed by atoms with van der Waals surface area (Å²) >= 11 is 6.05. The summed E-state index contributed by atoms with van der Waals surface area (Å²) in [6, 6.07) is 1.80. The van der Waals surface area contributed by atoms with E-state index in [1.54, 1.807) is 12.1 Å². The first-order valence-electron chi connectivity index (χ1n) is 6.10. The smallest absolute Gasteiger partial charge is 0.302 e.